The molecule has 0 radical (unpaired) electrons. The molecule has 1 heterocycles. The fourth-order valence-electron chi connectivity index (χ4n) is 2.02. The summed E-state index contributed by atoms with van der Waals surface area (Å²) in [6, 6.07) is 5.63. The zero-order valence-corrected chi connectivity index (χ0v) is 12.6. The molecule has 7 heteroatoms. The maximum Gasteiger partial charge on any atom is 0.573 e. The van der Waals surface area contributed by atoms with Crippen molar-refractivity contribution < 1.29 is 17.9 Å². The van der Waals surface area contributed by atoms with E-state index in [-0.39, 0.29) is 11.8 Å². The average molecular weight is 316 g/mol. The number of thiazole rings is 1. The van der Waals surface area contributed by atoms with Crippen LogP contribution < -0.4 is 10.1 Å². The molecule has 3 nitrogen and oxygen atoms in total. The molecule has 1 N–H and O–H groups in total. The Morgan fingerprint density at radius 2 is 1.81 bits per heavy atom. The number of hydrogen-bond donors (Lipinski definition) is 1. The van der Waals surface area contributed by atoms with Crippen LogP contribution >= 0.6 is 11.3 Å². The Morgan fingerprint density at radius 3 is 2.29 bits per heavy atom. The van der Waals surface area contributed by atoms with Crippen molar-refractivity contribution in [2.75, 3.05) is 5.32 Å². The maximum atomic E-state index is 12.1. The van der Waals surface area contributed by atoms with Crippen molar-refractivity contribution in [3.8, 4) is 5.75 Å². The van der Waals surface area contributed by atoms with Gasteiger partial charge in [0.05, 0.1) is 16.7 Å². The van der Waals surface area contributed by atoms with E-state index in [2.05, 4.69) is 15.0 Å². The minimum Gasteiger partial charge on any atom is -0.406 e. The summed E-state index contributed by atoms with van der Waals surface area (Å²) in [5.74, 6) is -0.235. The van der Waals surface area contributed by atoms with Gasteiger partial charge in [0, 0.05) is 10.6 Å². The molecule has 2 rings (SSSR count). The monoisotopic (exact) mass is 316 g/mol. The van der Waals surface area contributed by atoms with Gasteiger partial charge in [-0.3, -0.25) is 0 Å². The van der Waals surface area contributed by atoms with E-state index in [9.17, 15) is 13.2 Å². The van der Waals surface area contributed by atoms with Crippen molar-refractivity contribution in [2.45, 2.75) is 33.2 Å². The first-order chi connectivity index (χ1) is 9.74. The summed E-state index contributed by atoms with van der Waals surface area (Å²) in [5.41, 5.74) is 1.66. The van der Waals surface area contributed by atoms with E-state index in [4.69, 9.17) is 0 Å². The van der Waals surface area contributed by atoms with Gasteiger partial charge < -0.3 is 10.1 Å². The largest absolute Gasteiger partial charge is 0.573 e. The lowest BCUT2D eigenvalue weighted by Gasteiger charge is -2.15. The smallest absolute Gasteiger partial charge is 0.406 e. The molecule has 0 bridgehead atoms. The molecule has 114 valence electrons. The van der Waals surface area contributed by atoms with Gasteiger partial charge in [-0.25, -0.2) is 4.98 Å². The number of ether oxygens (including phenoxy) is 1. The Morgan fingerprint density at radius 1 is 1.19 bits per heavy atom. The highest BCUT2D eigenvalue weighted by Gasteiger charge is 2.30. The van der Waals surface area contributed by atoms with Crippen LogP contribution in [0.25, 0.3) is 0 Å². The number of alkyl halides is 3. The Kier molecular flexibility index (Phi) is 4.41. The number of halogens is 3. The van der Waals surface area contributed by atoms with E-state index in [1.807, 2.05) is 20.8 Å². The Balaban J connectivity index is 2.05. The van der Waals surface area contributed by atoms with Crippen LogP contribution in [0.2, 0.25) is 0 Å². The molecule has 1 unspecified atom stereocenters. The normalized spacial score (nSPS) is 13.0. The first kappa shape index (κ1) is 15.6. The van der Waals surface area contributed by atoms with Gasteiger partial charge >= 0.3 is 6.36 Å². The predicted octanol–water partition coefficient (Wildman–Crippen LogP) is 4.83. The summed E-state index contributed by atoms with van der Waals surface area (Å²) < 4.78 is 40.1. The zero-order chi connectivity index (χ0) is 15.6. The number of anilines is 1. The summed E-state index contributed by atoms with van der Waals surface area (Å²) in [7, 11) is 0. The third-order valence-corrected chi connectivity index (χ3v) is 3.72. The molecule has 0 saturated heterocycles. The van der Waals surface area contributed by atoms with Gasteiger partial charge in [-0.2, -0.15) is 0 Å². The molecule has 0 aliphatic heterocycles. The van der Waals surface area contributed by atoms with Crippen LogP contribution in [0.4, 0.5) is 18.9 Å². The zero-order valence-electron chi connectivity index (χ0n) is 11.8. The second-order valence-electron chi connectivity index (χ2n) is 4.61. The number of hydrogen-bond acceptors (Lipinski definition) is 4. The summed E-state index contributed by atoms with van der Waals surface area (Å²) >= 11 is 1.62. The van der Waals surface area contributed by atoms with Crippen LogP contribution in [-0.2, 0) is 0 Å². The van der Waals surface area contributed by atoms with Gasteiger partial charge in [0.25, 0.3) is 0 Å². The summed E-state index contributed by atoms with van der Waals surface area (Å²) in [6.45, 7) is 5.90. The van der Waals surface area contributed by atoms with Gasteiger partial charge in [0.15, 0.2) is 0 Å². The Bertz CT molecular complexity index is 608. The first-order valence-corrected chi connectivity index (χ1v) is 7.12. The van der Waals surface area contributed by atoms with E-state index in [1.54, 1.807) is 23.5 Å². The highest BCUT2D eigenvalue weighted by molar-refractivity contribution is 7.11. The van der Waals surface area contributed by atoms with Gasteiger partial charge in [0.2, 0.25) is 0 Å². The third-order valence-electron chi connectivity index (χ3n) is 2.82. The minimum atomic E-state index is -4.67. The van der Waals surface area contributed by atoms with Crippen LogP contribution in [-0.4, -0.2) is 11.3 Å². The lowest BCUT2D eigenvalue weighted by molar-refractivity contribution is -0.274. The van der Waals surface area contributed by atoms with E-state index in [0.717, 1.165) is 15.6 Å². The highest BCUT2D eigenvalue weighted by atomic mass is 32.1. The molecule has 1 aromatic carbocycles. The molecule has 0 saturated carbocycles. The summed E-state index contributed by atoms with van der Waals surface area (Å²) in [5, 5.41) is 4.20. The van der Waals surface area contributed by atoms with Crippen LogP contribution in [0.3, 0.4) is 0 Å². The molecule has 0 aliphatic rings. The Labute approximate surface area is 124 Å². The third kappa shape index (κ3) is 4.35. The van der Waals surface area contributed by atoms with Crippen molar-refractivity contribution in [1.29, 1.82) is 0 Å². The molecule has 2 aromatic rings. The minimum absolute atomic E-state index is 0.0238. The van der Waals surface area contributed by atoms with Gasteiger partial charge in [0.1, 0.15) is 5.75 Å². The molecule has 21 heavy (non-hydrogen) atoms. The maximum absolute atomic E-state index is 12.1. The molecular weight excluding hydrogens is 301 g/mol. The topological polar surface area (TPSA) is 34.2 Å². The fourth-order valence-corrected chi connectivity index (χ4v) is 2.93. The Hall–Kier alpha value is -1.76. The van der Waals surface area contributed by atoms with Crippen LogP contribution in [0.15, 0.2) is 24.3 Å². The summed E-state index contributed by atoms with van der Waals surface area (Å²) in [4.78, 5) is 5.58. The van der Waals surface area contributed by atoms with Gasteiger partial charge in [-0.15, -0.1) is 24.5 Å². The van der Waals surface area contributed by atoms with Gasteiger partial charge in [-0.1, -0.05) is 0 Å². The van der Waals surface area contributed by atoms with E-state index in [0.29, 0.717) is 5.69 Å². The second kappa shape index (κ2) is 5.93. The fraction of sp³-hybridized carbons (Fsp3) is 0.357. The highest BCUT2D eigenvalue weighted by Crippen LogP contribution is 2.27. The van der Waals surface area contributed by atoms with Crippen molar-refractivity contribution in [3.63, 3.8) is 0 Å². The lowest BCUT2D eigenvalue weighted by Crippen LogP contribution is -2.17. The van der Waals surface area contributed by atoms with Crippen LogP contribution in [0, 0.1) is 13.8 Å². The van der Waals surface area contributed by atoms with Crippen molar-refractivity contribution >= 4 is 17.0 Å². The SMILES string of the molecule is Cc1nc(C(C)Nc2ccc(OC(F)(F)F)cc2)c(C)s1. The second-order valence-corrected chi connectivity index (χ2v) is 6.02. The van der Waals surface area contributed by atoms with E-state index >= 15 is 0 Å². The number of aryl methyl sites for hydroxylation is 2. The van der Waals surface area contributed by atoms with Gasteiger partial charge in [-0.05, 0) is 45.0 Å². The lowest BCUT2D eigenvalue weighted by atomic mass is 10.2. The number of rotatable bonds is 4. The number of nitrogens with zero attached hydrogens (tertiary/aromatic N) is 1. The number of aromatic nitrogens is 1. The molecular formula is C14H15F3N2OS. The van der Waals surface area contributed by atoms with Crippen molar-refractivity contribution in [3.05, 3.63) is 39.8 Å². The number of nitrogens with one attached hydrogen (secondary N) is 1. The molecule has 0 aliphatic carbocycles. The molecule has 1 aromatic heterocycles. The van der Waals surface area contributed by atoms with Crippen molar-refractivity contribution in [2.24, 2.45) is 0 Å². The standard InChI is InChI=1S/C14H15F3N2OS/c1-8(13-9(2)21-10(3)19-13)18-11-4-6-12(7-5-11)20-14(15,16)17/h4-8,18H,1-3H3. The number of benzene rings is 1. The predicted molar refractivity (Wildman–Crippen MR) is 76.8 cm³/mol. The average Bonchev–Trinajstić information content (AvgIpc) is 2.69. The van der Waals surface area contributed by atoms with Crippen LogP contribution in [0.5, 0.6) is 5.75 Å². The quantitative estimate of drug-likeness (QED) is 0.877. The molecule has 0 amide bonds. The van der Waals surface area contributed by atoms with E-state index < -0.39 is 6.36 Å². The molecule has 0 fully saturated rings. The van der Waals surface area contributed by atoms with Crippen molar-refractivity contribution in [1.82, 2.24) is 4.98 Å². The van der Waals surface area contributed by atoms with Crippen LogP contribution in [0.1, 0.15) is 28.5 Å². The molecule has 1 atom stereocenters. The molecule has 0 spiro atoms. The van der Waals surface area contributed by atoms with E-state index in [1.165, 1.54) is 12.1 Å². The summed E-state index contributed by atoms with van der Waals surface area (Å²) in [6.07, 6.45) is -4.67. The first-order valence-electron chi connectivity index (χ1n) is 6.31.